The fraction of sp³-hybridized carbons (Fsp3) is 0.812. The van der Waals surface area contributed by atoms with Gasteiger partial charge in [0, 0.05) is 39.0 Å². The first-order valence-electron chi connectivity index (χ1n) is 8.18. The van der Waals surface area contributed by atoms with Crippen LogP contribution in [0.15, 0.2) is 0 Å². The van der Waals surface area contributed by atoms with Crippen molar-refractivity contribution >= 4 is 17.6 Å². The Labute approximate surface area is 143 Å². The number of ketones is 1. The minimum Gasteiger partial charge on any atom is -0.382 e. The molecular formula is C16H30N2O6. The van der Waals surface area contributed by atoms with Crippen molar-refractivity contribution in [3.8, 4) is 0 Å². The Balaban J connectivity index is 3.46. The van der Waals surface area contributed by atoms with Crippen molar-refractivity contribution in [2.45, 2.75) is 26.7 Å². The lowest BCUT2D eigenvalue weighted by Gasteiger charge is -2.08. The van der Waals surface area contributed by atoms with E-state index in [1.54, 1.807) is 7.11 Å². The zero-order chi connectivity index (χ0) is 18.2. The molecule has 2 amide bonds. The average molecular weight is 346 g/mol. The molecule has 0 radical (unpaired) electrons. The summed E-state index contributed by atoms with van der Waals surface area (Å²) in [7, 11) is 1.58. The zero-order valence-corrected chi connectivity index (χ0v) is 14.9. The maximum atomic E-state index is 11.5. The summed E-state index contributed by atoms with van der Waals surface area (Å²) >= 11 is 0. The van der Waals surface area contributed by atoms with Gasteiger partial charge in [-0.25, -0.2) is 0 Å². The van der Waals surface area contributed by atoms with Crippen LogP contribution in [0.25, 0.3) is 0 Å². The van der Waals surface area contributed by atoms with Crippen molar-refractivity contribution in [2.24, 2.45) is 5.92 Å². The first-order valence-corrected chi connectivity index (χ1v) is 8.18. The van der Waals surface area contributed by atoms with Gasteiger partial charge in [0.1, 0.15) is 6.61 Å². The van der Waals surface area contributed by atoms with Crippen molar-refractivity contribution in [3.05, 3.63) is 0 Å². The third-order valence-corrected chi connectivity index (χ3v) is 3.04. The predicted molar refractivity (Wildman–Crippen MR) is 88.6 cm³/mol. The van der Waals surface area contributed by atoms with Crippen molar-refractivity contribution in [1.29, 1.82) is 0 Å². The molecule has 2 N–H and O–H groups in total. The van der Waals surface area contributed by atoms with Gasteiger partial charge in [0.2, 0.25) is 11.8 Å². The number of hydrogen-bond acceptors (Lipinski definition) is 6. The Hall–Kier alpha value is -1.51. The van der Waals surface area contributed by atoms with Crippen LogP contribution in [-0.4, -0.2) is 70.8 Å². The van der Waals surface area contributed by atoms with Crippen molar-refractivity contribution < 1.29 is 28.6 Å². The molecule has 0 saturated heterocycles. The summed E-state index contributed by atoms with van der Waals surface area (Å²) in [6.07, 6.45) is 0.449. The number of carbonyl (C=O) groups excluding carboxylic acids is 3. The summed E-state index contributed by atoms with van der Waals surface area (Å²) in [5.74, 6) is -0.343. The zero-order valence-electron chi connectivity index (χ0n) is 14.9. The molecule has 140 valence electrons. The highest BCUT2D eigenvalue weighted by atomic mass is 16.5. The SMILES string of the molecule is COCCOCCC(=O)NCCC(=O)NCCOCC(=O)C(C)C. The number of rotatable bonds is 15. The number of hydrogen-bond donors (Lipinski definition) is 2. The highest BCUT2D eigenvalue weighted by Crippen LogP contribution is 1.94. The Kier molecular flexibility index (Phi) is 14.1. The summed E-state index contributed by atoms with van der Waals surface area (Å²) in [6.45, 7) is 5.87. The molecule has 0 heterocycles. The van der Waals surface area contributed by atoms with Gasteiger partial charge in [-0.15, -0.1) is 0 Å². The Morgan fingerprint density at radius 3 is 2.17 bits per heavy atom. The standard InChI is InChI=1S/C16H30N2O6/c1-13(2)14(19)12-24-9-7-18-15(20)4-6-17-16(21)5-8-23-11-10-22-3/h13H,4-12H2,1-3H3,(H,17,21)(H,18,20). The van der Waals surface area contributed by atoms with E-state index in [2.05, 4.69) is 10.6 Å². The Bertz CT molecular complexity index is 374. The minimum atomic E-state index is -0.176. The van der Waals surface area contributed by atoms with Gasteiger partial charge in [0.15, 0.2) is 5.78 Å². The van der Waals surface area contributed by atoms with Crippen LogP contribution in [0.2, 0.25) is 0 Å². The minimum absolute atomic E-state index is 0.0373. The van der Waals surface area contributed by atoms with Gasteiger partial charge in [-0.3, -0.25) is 14.4 Å². The van der Waals surface area contributed by atoms with Gasteiger partial charge in [-0.1, -0.05) is 13.8 Å². The number of carbonyl (C=O) groups is 3. The van der Waals surface area contributed by atoms with E-state index < -0.39 is 0 Å². The molecule has 24 heavy (non-hydrogen) atoms. The molecule has 8 nitrogen and oxygen atoms in total. The third kappa shape index (κ3) is 14.1. The second kappa shape index (κ2) is 15.0. The van der Waals surface area contributed by atoms with Crippen LogP contribution in [0.3, 0.4) is 0 Å². The van der Waals surface area contributed by atoms with E-state index in [0.29, 0.717) is 26.4 Å². The van der Waals surface area contributed by atoms with Gasteiger partial charge in [0.25, 0.3) is 0 Å². The summed E-state index contributed by atoms with van der Waals surface area (Å²) in [5.41, 5.74) is 0. The number of methoxy groups -OCH3 is 1. The molecule has 0 aromatic heterocycles. The van der Waals surface area contributed by atoms with E-state index in [1.807, 2.05) is 13.8 Å². The molecule has 0 aliphatic rings. The fourth-order valence-corrected chi connectivity index (χ4v) is 1.50. The molecule has 0 aliphatic carbocycles. The normalized spacial score (nSPS) is 10.7. The summed E-state index contributed by atoms with van der Waals surface area (Å²) in [5, 5.41) is 5.31. The predicted octanol–water partition coefficient (Wildman–Crippen LogP) is -0.0963. The maximum Gasteiger partial charge on any atom is 0.222 e. The molecular weight excluding hydrogens is 316 g/mol. The second-order valence-corrected chi connectivity index (χ2v) is 5.48. The Morgan fingerprint density at radius 2 is 1.50 bits per heavy atom. The molecule has 0 fully saturated rings. The molecule has 0 rings (SSSR count). The van der Waals surface area contributed by atoms with Crippen molar-refractivity contribution in [1.82, 2.24) is 10.6 Å². The summed E-state index contributed by atoms with van der Waals surface area (Å²) in [4.78, 5) is 34.3. The van der Waals surface area contributed by atoms with Gasteiger partial charge in [-0.2, -0.15) is 0 Å². The molecule has 0 bridgehead atoms. The van der Waals surface area contributed by atoms with E-state index in [4.69, 9.17) is 14.2 Å². The number of ether oxygens (including phenoxy) is 3. The summed E-state index contributed by atoms with van der Waals surface area (Å²) < 4.78 is 15.2. The monoisotopic (exact) mass is 346 g/mol. The van der Waals surface area contributed by atoms with Gasteiger partial charge in [0.05, 0.1) is 26.4 Å². The van der Waals surface area contributed by atoms with E-state index in [0.717, 1.165) is 0 Å². The van der Waals surface area contributed by atoms with Crippen molar-refractivity contribution in [3.63, 3.8) is 0 Å². The number of nitrogens with one attached hydrogen (secondary N) is 2. The smallest absolute Gasteiger partial charge is 0.222 e. The molecule has 0 spiro atoms. The Morgan fingerprint density at radius 1 is 0.833 bits per heavy atom. The highest BCUT2D eigenvalue weighted by Gasteiger charge is 2.07. The van der Waals surface area contributed by atoms with Crippen molar-refractivity contribution in [2.75, 3.05) is 53.2 Å². The topological polar surface area (TPSA) is 103 Å². The van der Waals surface area contributed by atoms with E-state index in [-0.39, 0.29) is 56.1 Å². The second-order valence-electron chi connectivity index (χ2n) is 5.48. The van der Waals surface area contributed by atoms with Crippen LogP contribution >= 0.6 is 0 Å². The number of Topliss-reactive ketones (excluding diaryl/α,β-unsaturated/α-hetero) is 1. The van der Waals surface area contributed by atoms with E-state index in [9.17, 15) is 14.4 Å². The van der Waals surface area contributed by atoms with Crippen LogP contribution < -0.4 is 10.6 Å². The van der Waals surface area contributed by atoms with E-state index >= 15 is 0 Å². The molecule has 0 aromatic carbocycles. The summed E-state index contributed by atoms with van der Waals surface area (Å²) in [6, 6.07) is 0. The van der Waals surface area contributed by atoms with Gasteiger partial charge >= 0.3 is 0 Å². The average Bonchev–Trinajstić information content (AvgIpc) is 2.54. The largest absolute Gasteiger partial charge is 0.382 e. The van der Waals surface area contributed by atoms with E-state index in [1.165, 1.54) is 0 Å². The molecule has 0 aromatic rings. The third-order valence-electron chi connectivity index (χ3n) is 3.04. The number of amides is 2. The quantitative estimate of drug-likeness (QED) is 0.402. The van der Waals surface area contributed by atoms with Gasteiger partial charge < -0.3 is 24.8 Å². The fourth-order valence-electron chi connectivity index (χ4n) is 1.50. The van der Waals surface area contributed by atoms with Crippen LogP contribution in [0.1, 0.15) is 26.7 Å². The van der Waals surface area contributed by atoms with Gasteiger partial charge in [-0.05, 0) is 0 Å². The lowest BCUT2D eigenvalue weighted by atomic mass is 10.1. The molecule has 8 heteroatoms. The first kappa shape index (κ1) is 22.5. The molecule has 0 saturated carbocycles. The molecule has 0 unspecified atom stereocenters. The highest BCUT2D eigenvalue weighted by molar-refractivity contribution is 5.81. The lowest BCUT2D eigenvalue weighted by Crippen LogP contribution is -2.33. The molecule has 0 atom stereocenters. The van der Waals surface area contributed by atoms with Crippen LogP contribution in [0.4, 0.5) is 0 Å². The van der Waals surface area contributed by atoms with Crippen LogP contribution in [-0.2, 0) is 28.6 Å². The lowest BCUT2D eigenvalue weighted by molar-refractivity contribution is -0.126. The first-order chi connectivity index (χ1) is 11.5. The van der Waals surface area contributed by atoms with Crippen LogP contribution in [0, 0.1) is 5.92 Å². The molecule has 0 aliphatic heterocycles. The van der Waals surface area contributed by atoms with Crippen LogP contribution in [0.5, 0.6) is 0 Å². The maximum absolute atomic E-state index is 11.5.